The summed E-state index contributed by atoms with van der Waals surface area (Å²) in [6.07, 6.45) is 0. The number of aromatic nitrogens is 1. The first-order valence-electron chi connectivity index (χ1n) is 5.16. The summed E-state index contributed by atoms with van der Waals surface area (Å²) < 4.78 is 13.3. The van der Waals surface area contributed by atoms with Crippen molar-refractivity contribution < 1.29 is 9.50 Å². The zero-order chi connectivity index (χ0) is 13.3. The average Bonchev–Trinajstić information content (AvgIpc) is 2.32. The lowest BCUT2D eigenvalue weighted by molar-refractivity contribution is 0.432. The maximum absolute atomic E-state index is 13.3. The van der Waals surface area contributed by atoms with Crippen molar-refractivity contribution in [3.05, 3.63) is 51.7 Å². The zero-order valence-corrected chi connectivity index (χ0v) is 9.49. The van der Waals surface area contributed by atoms with E-state index < -0.39 is 17.1 Å². The number of hydrogen-bond acceptors (Lipinski definition) is 3. The molecule has 5 heteroatoms. The minimum Gasteiger partial charge on any atom is -0.505 e. The van der Waals surface area contributed by atoms with E-state index in [1.165, 1.54) is 12.1 Å². The normalized spacial score (nSPS) is 10.1. The maximum Gasteiger partial charge on any atom is 0.266 e. The first kappa shape index (κ1) is 11.9. The number of nitriles is 1. The Hall–Kier alpha value is -2.61. The molecular weight excluding hydrogens is 235 g/mol. The van der Waals surface area contributed by atoms with E-state index in [0.717, 1.165) is 6.07 Å². The lowest BCUT2D eigenvalue weighted by atomic mass is 10.0. The lowest BCUT2D eigenvalue weighted by Crippen LogP contribution is -2.12. The van der Waals surface area contributed by atoms with Crippen molar-refractivity contribution in [2.75, 3.05) is 0 Å². The molecule has 1 aromatic heterocycles. The highest BCUT2D eigenvalue weighted by atomic mass is 19.1. The molecule has 1 heterocycles. The van der Waals surface area contributed by atoms with Crippen molar-refractivity contribution in [1.82, 2.24) is 4.98 Å². The number of nitrogens with one attached hydrogen (secondary N) is 1. The van der Waals surface area contributed by atoms with E-state index in [-0.39, 0.29) is 5.56 Å². The molecule has 0 bridgehead atoms. The topological polar surface area (TPSA) is 76.9 Å². The van der Waals surface area contributed by atoms with Crippen LogP contribution in [0.3, 0.4) is 0 Å². The van der Waals surface area contributed by atoms with Crippen molar-refractivity contribution in [2.45, 2.75) is 6.92 Å². The van der Waals surface area contributed by atoms with Gasteiger partial charge in [0.15, 0.2) is 11.6 Å². The van der Waals surface area contributed by atoms with Gasteiger partial charge in [0.1, 0.15) is 11.6 Å². The maximum atomic E-state index is 13.3. The van der Waals surface area contributed by atoms with Crippen LogP contribution in [0.15, 0.2) is 29.1 Å². The molecule has 0 atom stereocenters. The van der Waals surface area contributed by atoms with Crippen LogP contribution in [0.1, 0.15) is 11.3 Å². The third-order valence-electron chi connectivity index (χ3n) is 2.54. The molecule has 0 aliphatic heterocycles. The number of halogens is 1. The van der Waals surface area contributed by atoms with Crippen LogP contribution < -0.4 is 5.56 Å². The van der Waals surface area contributed by atoms with E-state index in [2.05, 4.69) is 4.98 Å². The fourth-order valence-corrected chi connectivity index (χ4v) is 1.70. The second-order valence-corrected chi connectivity index (χ2v) is 3.85. The Morgan fingerprint density at radius 1 is 1.39 bits per heavy atom. The van der Waals surface area contributed by atoms with Gasteiger partial charge >= 0.3 is 0 Å². The molecule has 1 aromatic carbocycles. The molecule has 0 radical (unpaired) electrons. The Morgan fingerprint density at radius 2 is 2.11 bits per heavy atom. The zero-order valence-electron chi connectivity index (χ0n) is 9.49. The first-order valence-corrected chi connectivity index (χ1v) is 5.16. The molecule has 0 amide bonds. The number of aryl methyl sites for hydroxylation is 1. The van der Waals surface area contributed by atoms with Gasteiger partial charge in [-0.3, -0.25) is 4.79 Å². The summed E-state index contributed by atoms with van der Waals surface area (Å²) in [4.78, 5) is 14.1. The minimum atomic E-state index is -0.797. The molecule has 0 unspecified atom stereocenters. The summed E-state index contributed by atoms with van der Waals surface area (Å²) in [5, 5.41) is 18.1. The lowest BCUT2D eigenvalue weighted by Gasteiger charge is -2.06. The summed E-state index contributed by atoms with van der Waals surface area (Å²) in [5.41, 5.74) is 0.697. The van der Waals surface area contributed by atoms with Gasteiger partial charge in [-0.2, -0.15) is 5.26 Å². The van der Waals surface area contributed by atoms with Gasteiger partial charge in [-0.05, 0) is 30.7 Å². The number of aromatic hydroxyl groups is 1. The molecular formula is C13H9FN2O2. The largest absolute Gasteiger partial charge is 0.505 e. The van der Waals surface area contributed by atoms with Crippen molar-refractivity contribution in [2.24, 2.45) is 0 Å². The summed E-state index contributed by atoms with van der Waals surface area (Å²) in [6, 6.07) is 7.11. The Balaban J connectivity index is 2.75. The Morgan fingerprint density at radius 3 is 2.72 bits per heavy atom. The van der Waals surface area contributed by atoms with Gasteiger partial charge in [-0.15, -0.1) is 0 Å². The van der Waals surface area contributed by atoms with Crippen molar-refractivity contribution in [1.29, 1.82) is 5.26 Å². The predicted octanol–water partition coefficient (Wildman–Crippen LogP) is 2.07. The van der Waals surface area contributed by atoms with Gasteiger partial charge in [-0.25, -0.2) is 4.39 Å². The Labute approximate surface area is 102 Å². The standard InChI is InChI=1S/C13H9FN2O2/c1-7-4-9(10(6-15)13(18)16-7)8-2-3-12(17)11(14)5-8/h2-5,17H,1H3,(H,16,18). The summed E-state index contributed by atoms with van der Waals surface area (Å²) >= 11 is 0. The number of hydrogen-bond donors (Lipinski definition) is 2. The monoisotopic (exact) mass is 244 g/mol. The van der Waals surface area contributed by atoms with E-state index >= 15 is 0 Å². The van der Waals surface area contributed by atoms with E-state index in [0.29, 0.717) is 16.8 Å². The second-order valence-electron chi connectivity index (χ2n) is 3.85. The molecule has 0 saturated carbocycles. The van der Waals surface area contributed by atoms with Crippen LogP contribution in [0.25, 0.3) is 11.1 Å². The van der Waals surface area contributed by atoms with Gasteiger partial charge in [0, 0.05) is 11.3 Å². The number of aromatic amines is 1. The van der Waals surface area contributed by atoms with Crippen LogP contribution >= 0.6 is 0 Å². The number of pyridine rings is 1. The average molecular weight is 244 g/mol. The second kappa shape index (κ2) is 4.34. The van der Waals surface area contributed by atoms with Crippen LogP contribution in [-0.4, -0.2) is 10.1 Å². The van der Waals surface area contributed by atoms with Crippen LogP contribution in [0, 0.1) is 24.1 Å². The van der Waals surface area contributed by atoms with E-state index in [4.69, 9.17) is 10.4 Å². The number of H-pyrrole nitrogens is 1. The highest BCUT2D eigenvalue weighted by molar-refractivity contribution is 5.70. The highest BCUT2D eigenvalue weighted by Crippen LogP contribution is 2.26. The molecule has 2 N–H and O–H groups in total. The molecule has 4 nitrogen and oxygen atoms in total. The van der Waals surface area contributed by atoms with E-state index in [1.807, 2.05) is 0 Å². The first-order chi connectivity index (χ1) is 8.52. The Kier molecular flexibility index (Phi) is 2.86. The molecule has 0 fully saturated rings. The molecule has 90 valence electrons. The van der Waals surface area contributed by atoms with Crippen molar-refractivity contribution >= 4 is 0 Å². The van der Waals surface area contributed by atoms with Gasteiger partial charge in [0.2, 0.25) is 0 Å². The predicted molar refractivity (Wildman–Crippen MR) is 63.6 cm³/mol. The summed E-state index contributed by atoms with van der Waals surface area (Å²) in [5.74, 6) is -1.27. The van der Waals surface area contributed by atoms with Crippen molar-refractivity contribution in [3.63, 3.8) is 0 Å². The third-order valence-corrected chi connectivity index (χ3v) is 2.54. The van der Waals surface area contributed by atoms with Gasteiger partial charge in [-0.1, -0.05) is 6.07 Å². The van der Waals surface area contributed by atoms with E-state index in [1.54, 1.807) is 19.1 Å². The molecule has 0 spiro atoms. The SMILES string of the molecule is Cc1cc(-c2ccc(O)c(F)c2)c(C#N)c(=O)[nH]1. The number of benzene rings is 1. The summed E-state index contributed by atoms with van der Waals surface area (Å²) in [7, 11) is 0. The fourth-order valence-electron chi connectivity index (χ4n) is 1.70. The van der Waals surface area contributed by atoms with Crippen molar-refractivity contribution in [3.8, 4) is 22.9 Å². The molecule has 0 aliphatic carbocycles. The molecule has 18 heavy (non-hydrogen) atoms. The Bertz CT molecular complexity index is 714. The highest BCUT2D eigenvalue weighted by Gasteiger charge is 2.11. The van der Waals surface area contributed by atoms with E-state index in [9.17, 15) is 9.18 Å². The fraction of sp³-hybridized carbons (Fsp3) is 0.0769. The number of nitrogens with zero attached hydrogens (tertiary/aromatic N) is 1. The van der Waals surface area contributed by atoms with Gasteiger partial charge < -0.3 is 10.1 Å². The molecule has 2 aromatic rings. The third kappa shape index (κ3) is 1.96. The van der Waals surface area contributed by atoms with Crippen LogP contribution in [0.5, 0.6) is 5.75 Å². The number of phenolic OH excluding ortho intramolecular Hbond substituents is 1. The number of phenols is 1. The van der Waals surface area contributed by atoms with Crippen LogP contribution in [0.2, 0.25) is 0 Å². The van der Waals surface area contributed by atoms with Crippen LogP contribution in [0.4, 0.5) is 4.39 Å². The number of rotatable bonds is 1. The molecule has 0 saturated heterocycles. The quantitative estimate of drug-likeness (QED) is 0.806. The molecule has 2 rings (SSSR count). The molecule has 0 aliphatic rings. The minimum absolute atomic E-state index is 0.0781. The summed E-state index contributed by atoms with van der Waals surface area (Å²) in [6.45, 7) is 1.67. The van der Waals surface area contributed by atoms with Gasteiger partial charge in [0.25, 0.3) is 5.56 Å². The smallest absolute Gasteiger partial charge is 0.266 e. The van der Waals surface area contributed by atoms with Gasteiger partial charge in [0.05, 0.1) is 0 Å². The van der Waals surface area contributed by atoms with Crippen LogP contribution in [-0.2, 0) is 0 Å².